The fourth-order valence-electron chi connectivity index (χ4n) is 2.33. The molecule has 2 aromatic rings. The summed E-state index contributed by atoms with van der Waals surface area (Å²) in [5.41, 5.74) is 0.919. The Bertz CT molecular complexity index is 802. The molecule has 0 unspecified atom stereocenters. The number of aliphatic carboxylic acids is 1. The molecule has 0 aliphatic heterocycles. The minimum Gasteiger partial charge on any atom is -0.481 e. The highest BCUT2D eigenvalue weighted by Gasteiger charge is 2.37. The molecule has 0 aromatic heterocycles. The Hall–Kier alpha value is -1.56. The van der Waals surface area contributed by atoms with Gasteiger partial charge in [0.1, 0.15) is 0 Å². The van der Waals surface area contributed by atoms with Crippen LogP contribution in [-0.4, -0.2) is 25.3 Å². The molecule has 6 nitrogen and oxygen atoms in total. The Kier molecular flexibility index (Phi) is 6.49. The molecule has 134 valence electrons. The minimum absolute atomic E-state index is 0.204. The van der Waals surface area contributed by atoms with E-state index in [0.29, 0.717) is 11.3 Å². The van der Waals surface area contributed by atoms with Crippen LogP contribution in [0, 0.1) is 0 Å². The van der Waals surface area contributed by atoms with E-state index in [1.54, 1.807) is 42.5 Å². The number of carboxylic acids is 1. The second-order valence-electron chi connectivity index (χ2n) is 4.92. The maximum atomic E-state index is 13.2. The number of benzene rings is 2. The first-order valence-corrected chi connectivity index (χ1v) is 9.35. The van der Waals surface area contributed by atoms with Gasteiger partial charge in [0.2, 0.25) is 0 Å². The van der Waals surface area contributed by atoms with E-state index in [9.17, 15) is 9.36 Å². The highest BCUT2D eigenvalue weighted by Crippen LogP contribution is 2.60. The fraction of sp³-hybridized carbons (Fsp3) is 0.188. The zero-order valence-corrected chi connectivity index (χ0v) is 15.9. The molecule has 2 rings (SSSR count). The molecule has 1 N–H and O–H groups in total. The van der Waals surface area contributed by atoms with Crippen LogP contribution in [0.5, 0.6) is 0 Å². The van der Waals surface area contributed by atoms with Crippen LogP contribution in [0.4, 0.5) is 11.4 Å². The summed E-state index contributed by atoms with van der Waals surface area (Å²) in [5.74, 6) is -1.04. The van der Waals surface area contributed by atoms with Crippen molar-refractivity contribution in [1.29, 1.82) is 0 Å². The van der Waals surface area contributed by atoms with Crippen molar-refractivity contribution in [3.63, 3.8) is 0 Å². The van der Waals surface area contributed by atoms with E-state index in [2.05, 4.69) is 0 Å². The quantitative estimate of drug-likeness (QED) is 0.643. The molecule has 0 bridgehead atoms. The Morgan fingerprint density at radius 1 is 1.08 bits per heavy atom. The van der Waals surface area contributed by atoms with Crippen molar-refractivity contribution >= 4 is 48.3 Å². The number of hydrogen-bond acceptors (Lipinski definition) is 4. The summed E-state index contributed by atoms with van der Waals surface area (Å²) in [6.07, 6.45) is -0.290. The molecule has 9 heteroatoms. The van der Waals surface area contributed by atoms with Crippen molar-refractivity contribution in [2.45, 2.75) is 6.42 Å². The van der Waals surface area contributed by atoms with Crippen molar-refractivity contribution < 1.29 is 23.5 Å². The van der Waals surface area contributed by atoms with Gasteiger partial charge >= 0.3 is 13.7 Å². The highest BCUT2D eigenvalue weighted by molar-refractivity contribution is 7.56. The summed E-state index contributed by atoms with van der Waals surface area (Å²) in [7, 11) is -1.44. The Morgan fingerprint density at radius 2 is 1.64 bits per heavy atom. The summed E-state index contributed by atoms with van der Waals surface area (Å²) in [6.45, 7) is 0. The van der Waals surface area contributed by atoms with Crippen molar-refractivity contribution in [2.75, 3.05) is 18.9 Å². The van der Waals surface area contributed by atoms with E-state index in [-0.39, 0.29) is 22.2 Å². The van der Waals surface area contributed by atoms with Gasteiger partial charge in [0, 0.05) is 14.2 Å². The van der Waals surface area contributed by atoms with E-state index in [4.69, 9.17) is 37.4 Å². The van der Waals surface area contributed by atoms with Gasteiger partial charge < -0.3 is 5.11 Å². The molecule has 0 saturated carbocycles. The lowest BCUT2D eigenvalue weighted by Gasteiger charge is -2.32. The standard InChI is InChI=1S/C16H16Cl2NO5P/c1-23-25(22,24-2)19(16-12(17)7-5-8-13(16)18)14-9-4-3-6-11(14)10-15(20)21/h3-9H,10H2,1-2H3,(H,20,21). The third kappa shape index (κ3) is 4.17. The monoisotopic (exact) mass is 403 g/mol. The van der Waals surface area contributed by atoms with Crippen molar-refractivity contribution in [2.24, 2.45) is 0 Å². The van der Waals surface area contributed by atoms with Gasteiger partial charge in [-0.15, -0.1) is 0 Å². The van der Waals surface area contributed by atoms with E-state index in [0.717, 1.165) is 0 Å². The van der Waals surface area contributed by atoms with Gasteiger partial charge in [-0.05, 0) is 23.8 Å². The van der Waals surface area contributed by atoms with Crippen LogP contribution in [0.1, 0.15) is 5.56 Å². The Morgan fingerprint density at radius 3 is 2.16 bits per heavy atom. The van der Waals surface area contributed by atoms with E-state index in [1.807, 2.05) is 0 Å². The molecule has 0 amide bonds. The van der Waals surface area contributed by atoms with Gasteiger partial charge in [0.15, 0.2) is 0 Å². The zero-order valence-electron chi connectivity index (χ0n) is 13.5. The van der Waals surface area contributed by atoms with Crippen molar-refractivity contribution in [3.8, 4) is 0 Å². The SMILES string of the molecule is COP(=O)(OC)N(c1ccccc1CC(=O)O)c1c(Cl)cccc1Cl. The van der Waals surface area contributed by atoms with Gasteiger partial charge in [-0.2, -0.15) is 0 Å². The van der Waals surface area contributed by atoms with Gasteiger partial charge in [0.05, 0.1) is 27.8 Å². The van der Waals surface area contributed by atoms with Gasteiger partial charge in [-0.25, -0.2) is 9.24 Å². The Labute approximate surface area is 155 Å². The second kappa shape index (κ2) is 8.21. The van der Waals surface area contributed by atoms with E-state index < -0.39 is 13.7 Å². The molecule has 0 fully saturated rings. The van der Waals surface area contributed by atoms with E-state index in [1.165, 1.54) is 18.9 Å². The van der Waals surface area contributed by atoms with Gasteiger partial charge in [0.25, 0.3) is 0 Å². The van der Waals surface area contributed by atoms with Gasteiger partial charge in [-0.3, -0.25) is 13.8 Å². The predicted octanol–water partition coefficient (Wildman–Crippen LogP) is 5.16. The fourth-order valence-corrected chi connectivity index (χ4v) is 4.41. The summed E-state index contributed by atoms with van der Waals surface area (Å²) >= 11 is 12.6. The number of para-hydroxylation sites is 2. The average Bonchev–Trinajstić information content (AvgIpc) is 2.58. The first-order valence-electron chi connectivity index (χ1n) is 7.10. The minimum atomic E-state index is -3.89. The molecule has 0 spiro atoms. The maximum Gasteiger partial charge on any atom is 0.439 e. The second-order valence-corrected chi connectivity index (χ2v) is 7.80. The van der Waals surface area contributed by atoms with Gasteiger partial charge in [-0.1, -0.05) is 47.5 Å². The number of halogens is 2. The third-order valence-corrected chi connectivity index (χ3v) is 5.86. The first-order chi connectivity index (χ1) is 11.8. The highest BCUT2D eigenvalue weighted by atomic mass is 35.5. The smallest absolute Gasteiger partial charge is 0.439 e. The molecular weight excluding hydrogens is 388 g/mol. The third-order valence-electron chi connectivity index (χ3n) is 3.42. The number of anilines is 2. The number of carboxylic acid groups (broad SMARTS) is 1. The number of carbonyl (C=O) groups is 1. The topological polar surface area (TPSA) is 76.1 Å². The maximum absolute atomic E-state index is 13.2. The number of hydrogen-bond donors (Lipinski definition) is 1. The summed E-state index contributed by atoms with van der Waals surface area (Å²) in [4.78, 5) is 11.2. The first kappa shape index (κ1) is 19.8. The van der Waals surface area contributed by atoms with Crippen molar-refractivity contribution in [1.82, 2.24) is 0 Å². The summed E-state index contributed by atoms with van der Waals surface area (Å²) < 4.78 is 24.7. The molecule has 0 saturated heterocycles. The molecule has 25 heavy (non-hydrogen) atoms. The molecular formula is C16H16Cl2NO5P. The average molecular weight is 404 g/mol. The predicted molar refractivity (Wildman–Crippen MR) is 98.0 cm³/mol. The molecule has 0 heterocycles. The lowest BCUT2D eigenvalue weighted by Crippen LogP contribution is -2.19. The van der Waals surface area contributed by atoms with Crippen LogP contribution in [0.3, 0.4) is 0 Å². The normalized spacial score (nSPS) is 11.4. The molecule has 0 aliphatic rings. The van der Waals surface area contributed by atoms with Crippen LogP contribution in [-0.2, 0) is 24.8 Å². The lowest BCUT2D eigenvalue weighted by atomic mass is 10.1. The van der Waals surface area contributed by atoms with Crippen LogP contribution in [0.2, 0.25) is 10.0 Å². The number of rotatable bonds is 7. The Balaban J connectivity index is 2.79. The molecule has 0 aliphatic carbocycles. The van der Waals surface area contributed by atoms with E-state index >= 15 is 0 Å². The zero-order chi connectivity index (χ0) is 18.6. The lowest BCUT2D eigenvalue weighted by molar-refractivity contribution is -0.136. The largest absolute Gasteiger partial charge is 0.481 e. The summed E-state index contributed by atoms with van der Waals surface area (Å²) in [5, 5.41) is 9.60. The molecule has 0 atom stereocenters. The van der Waals surface area contributed by atoms with Crippen LogP contribution in [0.25, 0.3) is 0 Å². The van der Waals surface area contributed by atoms with Crippen molar-refractivity contribution in [3.05, 3.63) is 58.1 Å². The van der Waals surface area contributed by atoms with Crippen LogP contribution >= 0.6 is 30.9 Å². The van der Waals surface area contributed by atoms with Crippen LogP contribution in [0.15, 0.2) is 42.5 Å². The van der Waals surface area contributed by atoms with Crippen LogP contribution < -0.4 is 4.67 Å². The number of nitrogens with zero attached hydrogens (tertiary/aromatic N) is 1. The molecule has 2 aromatic carbocycles. The molecule has 0 radical (unpaired) electrons. The summed E-state index contributed by atoms with van der Waals surface area (Å²) in [6, 6.07) is 11.3.